The van der Waals surface area contributed by atoms with Crippen LogP contribution in [-0.2, 0) is 16.1 Å². The summed E-state index contributed by atoms with van der Waals surface area (Å²) in [5.41, 5.74) is 3.94. The van der Waals surface area contributed by atoms with Crippen LogP contribution in [0.4, 0.5) is 10.8 Å². The number of rotatable bonds is 7. The molecule has 1 atom stereocenters. The van der Waals surface area contributed by atoms with Crippen molar-refractivity contribution < 1.29 is 9.53 Å². The number of aryl methyl sites for hydroxylation is 1. The molecule has 0 saturated heterocycles. The van der Waals surface area contributed by atoms with E-state index in [-0.39, 0.29) is 18.5 Å². The smallest absolute Gasteiger partial charge is 0.313 e. The Morgan fingerprint density at radius 2 is 1.88 bits per heavy atom. The summed E-state index contributed by atoms with van der Waals surface area (Å²) in [4.78, 5) is 16.9. The molecular formula is C21H22N2O2S. The maximum absolute atomic E-state index is 12.4. The molecule has 0 aliphatic rings. The molecule has 3 rings (SSSR count). The minimum atomic E-state index is -0.236. The van der Waals surface area contributed by atoms with Crippen molar-refractivity contribution in [2.24, 2.45) is 0 Å². The predicted molar refractivity (Wildman–Crippen MR) is 106 cm³/mol. The molecule has 0 amide bonds. The summed E-state index contributed by atoms with van der Waals surface area (Å²) >= 11 is 1.50. The largest absolute Gasteiger partial charge is 0.459 e. The molecule has 5 heteroatoms. The van der Waals surface area contributed by atoms with Crippen LogP contribution in [0.5, 0.6) is 0 Å². The molecule has 0 unspecified atom stereocenters. The fraction of sp³-hybridized carbons (Fsp3) is 0.238. The van der Waals surface area contributed by atoms with E-state index < -0.39 is 0 Å². The highest BCUT2D eigenvalue weighted by Gasteiger charge is 2.20. The van der Waals surface area contributed by atoms with E-state index in [0.29, 0.717) is 6.42 Å². The van der Waals surface area contributed by atoms with Gasteiger partial charge in [0.05, 0.1) is 11.6 Å². The first-order valence-corrected chi connectivity index (χ1v) is 9.53. The van der Waals surface area contributed by atoms with Crippen molar-refractivity contribution >= 4 is 28.1 Å². The standard InChI is InChI=1S/C21H22N2O2S/c1-3-19(16-7-5-4-6-8-16)20(24)25-13-18-14-26-21(23-18)22-17-11-9-15(2)10-12-17/h4-12,14,19H,3,13H2,1-2H3,(H,22,23)/t19-/m0/s1. The number of esters is 1. The molecular weight excluding hydrogens is 344 g/mol. The molecule has 0 bridgehead atoms. The van der Waals surface area contributed by atoms with Crippen LogP contribution in [0.15, 0.2) is 60.0 Å². The van der Waals surface area contributed by atoms with Gasteiger partial charge in [-0.25, -0.2) is 4.98 Å². The Morgan fingerprint density at radius 3 is 2.58 bits per heavy atom. The van der Waals surface area contributed by atoms with E-state index in [1.54, 1.807) is 0 Å². The molecule has 26 heavy (non-hydrogen) atoms. The van der Waals surface area contributed by atoms with Crippen LogP contribution in [0.3, 0.4) is 0 Å². The maximum atomic E-state index is 12.4. The zero-order valence-corrected chi connectivity index (χ0v) is 15.8. The zero-order valence-electron chi connectivity index (χ0n) is 14.9. The van der Waals surface area contributed by atoms with Crippen LogP contribution in [0.25, 0.3) is 0 Å². The van der Waals surface area contributed by atoms with Crippen LogP contribution in [0, 0.1) is 6.92 Å². The number of aromatic nitrogens is 1. The summed E-state index contributed by atoms with van der Waals surface area (Å²) in [6.07, 6.45) is 0.708. The van der Waals surface area contributed by atoms with Gasteiger partial charge in [-0.3, -0.25) is 4.79 Å². The Hall–Kier alpha value is -2.66. The van der Waals surface area contributed by atoms with Gasteiger partial charge < -0.3 is 10.1 Å². The quantitative estimate of drug-likeness (QED) is 0.566. The molecule has 1 heterocycles. The van der Waals surface area contributed by atoms with Gasteiger partial charge in [-0.1, -0.05) is 55.0 Å². The SMILES string of the molecule is CC[C@H](C(=O)OCc1csc(Nc2ccc(C)cc2)n1)c1ccccc1. The van der Waals surface area contributed by atoms with E-state index in [9.17, 15) is 4.79 Å². The fourth-order valence-corrected chi connectivity index (χ4v) is 3.38. The second-order valence-corrected chi connectivity index (χ2v) is 6.97. The molecule has 0 fully saturated rings. The second-order valence-electron chi connectivity index (χ2n) is 6.11. The lowest BCUT2D eigenvalue weighted by Gasteiger charge is -2.14. The van der Waals surface area contributed by atoms with E-state index in [1.807, 2.05) is 66.9 Å². The van der Waals surface area contributed by atoms with E-state index >= 15 is 0 Å². The van der Waals surface area contributed by atoms with E-state index in [1.165, 1.54) is 16.9 Å². The summed E-state index contributed by atoms with van der Waals surface area (Å²) in [5.74, 6) is -0.445. The summed E-state index contributed by atoms with van der Waals surface area (Å²) in [5, 5.41) is 5.96. The van der Waals surface area contributed by atoms with Gasteiger partial charge in [0.2, 0.25) is 0 Å². The Kier molecular flexibility index (Phi) is 6.02. The van der Waals surface area contributed by atoms with Gasteiger partial charge in [-0.2, -0.15) is 0 Å². The number of nitrogens with one attached hydrogen (secondary N) is 1. The van der Waals surface area contributed by atoms with Crippen molar-refractivity contribution in [1.29, 1.82) is 0 Å². The van der Waals surface area contributed by atoms with Crippen molar-refractivity contribution in [3.63, 3.8) is 0 Å². The first-order valence-electron chi connectivity index (χ1n) is 8.65. The third-order valence-electron chi connectivity index (χ3n) is 4.11. The zero-order chi connectivity index (χ0) is 18.4. The Morgan fingerprint density at radius 1 is 1.15 bits per heavy atom. The monoisotopic (exact) mass is 366 g/mol. The van der Waals surface area contributed by atoms with Crippen LogP contribution in [0.1, 0.15) is 36.1 Å². The first-order chi connectivity index (χ1) is 12.7. The lowest BCUT2D eigenvalue weighted by atomic mass is 9.97. The van der Waals surface area contributed by atoms with Gasteiger partial charge >= 0.3 is 5.97 Å². The minimum Gasteiger partial charge on any atom is -0.459 e. The number of anilines is 2. The predicted octanol–water partition coefficient (Wildman–Crippen LogP) is 5.43. The molecule has 1 aromatic heterocycles. The number of carbonyl (C=O) groups excluding carboxylic acids is 1. The molecule has 3 aromatic rings. The summed E-state index contributed by atoms with van der Waals surface area (Å²) in [6, 6.07) is 17.9. The van der Waals surface area contributed by atoms with Crippen molar-refractivity contribution in [3.8, 4) is 0 Å². The van der Waals surface area contributed by atoms with Crippen molar-refractivity contribution in [2.45, 2.75) is 32.8 Å². The average Bonchev–Trinajstić information content (AvgIpc) is 3.11. The second kappa shape index (κ2) is 8.63. The van der Waals surface area contributed by atoms with Gasteiger partial charge in [-0.15, -0.1) is 11.3 Å². The van der Waals surface area contributed by atoms with Crippen LogP contribution < -0.4 is 5.32 Å². The molecule has 0 saturated carbocycles. The molecule has 0 aliphatic carbocycles. The number of nitrogens with zero attached hydrogens (tertiary/aromatic N) is 1. The van der Waals surface area contributed by atoms with E-state index in [4.69, 9.17) is 4.74 Å². The van der Waals surface area contributed by atoms with Crippen molar-refractivity contribution in [2.75, 3.05) is 5.32 Å². The Bertz CT molecular complexity index is 844. The third-order valence-corrected chi connectivity index (χ3v) is 4.92. The van der Waals surface area contributed by atoms with Crippen LogP contribution in [-0.4, -0.2) is 11.0 Å². The lowest BCUT2D eigenvalue weighted by Crippen LogP contribution is -2.15. The molecule has 0 aliphatic heterocycles. The average molecular weight is 366 g/mol. The van der Waals surface area contributed by atoms with Gasteiger partial charge in [-0.05, 0) is 31.0 Å². The van der Waals surface area contributed by atoms with Crippen LogP contribution >= 0.6 is 11.3 Å². The molecule has 4 nitrogen and oxygen atoms in total. The molecule has 0 radical (unpaired) electrons. The first kappa shape index (κ1) is 18.1. The van der Waals surface area contributed by atoms with Gasteiger partial charge in [0.15, 0.2) is 5.13 Å². The summed E-state index contributed by atoms with van der Waals surface area (Å²) < 4.78 is 5.49. The summed E-state index contributed by atoms with van der Waals surface area (Å²) in [6.45, 7) is 4.23. The molecule has 134 valence electrons. The van der Waals surface area contributed by atoms with E-state index in [2.05, 4.69) is 17.2 Å². The highest BCUT2D eigenvalue weighted by Crippen LogP contribution is 2.24. The highest BCUT2D eigenvalue weighted by molar-refractivity contribution is 7.13. The molecule has 1 N–H and O–H groups in total. The van der Waals surface area contributed by atoms with E-state index in [0.717, 1.165) is 22.1 Å². The Labute approximate surface area is 157 Å². The number of carbonyl (C=O) groups is 1. The van der Waals surface area contributed by atoms with Gasteiger partial charge in [0, 0.05) is 11.1 Å². The van der Waals surface area contributed by atoms with Gasteiger partial charge in [0.25, 0.3) is 0 Å². The van der Waals surface area contributed by atoms with Crippen molar-refractivity contribution in [1.82, 2.24) is 4.98 Å². The minimum absolute atomic E-state index is 0.189. The van der Waals surface area contributed by atoms with Gasteiger partial charge in [0.1, 0.15) is 6.61 Å². The van der Waals surface area contributed by atoms with Crippen LogP contribution in [0.2, 0.25) is 0 Å². The highest BCUT2D eigenvalue weighted by atomic mass is 32.1. The third kappa shape index (κ3) is 4.70. The summed E-state index contributed by atoms with van der Waals surface area (Å²) in [7, 11) is 0. The number of benzene rings is 2. The lowest BCUT2D eigenvalue weighted by molar-refractivity contribution is -0.147. The Balaban J connectivity index is 1.57. The number of hydrogen-bond acceptors (Lipinski definition) is 5. The van der Waals surface area contributed by atoms with Crippen molar-refractivity contribution in [3.05, 3.63) is 76.8 Å². The fourth-order valence-electron chi connectivity index (χ4n) is 2.66. The number of hydrogen-bond donors (Lipinski definition) is 1. The molecule has 0 spiro atoms. The normalized spacial score (nSPS) is 11.8. The molecule has 2 aromatic carbocycles. The maximum Gasteiger partial charge on any atom is 0.313 e. The topological polar surface area (TPSA) is 51.2 Å². The number of ether oxygens (including phenoxy) is 1. The number of thiazole rings is 1.